The van der Waals surface area contributed by atoms with Gasteiger partial charge < -0.3 is 16.0 Å². The lowest BCUT2D eigenvalue weighted by atomic mass is 10.2. The highest BCUT2D eigenvalue weighted by Crippen LogP contribution is 2.31. The molecule has 0 radical (unpaired) electrons. The number of thiazole rings is 1. The molecule has 2 aromatic heterocycles. The molecule has 0 spiro atoms. The van der Waals surface area contributed by atoms with E-state index in [1.165, 1.54) is 34.4 Å². The van der Waals surface area contributed by atoms with E-state index in [1.807, 2.05) is 47.2 Å². The van der Waals surface area contributed by atoms with Crippen LogP contribution in [0, 0.1) is 0 Å². The van der Waals surface area contributed by atoms with Gasteiger partial charge in [-0.25, -0.2) is 4.98 Å². The van der Waals surface area contributed by atoms with Crippen LogP contribution in [0.5, 0.6) is 0 Å². The van der Waals surface area contributed by atoms with Gasteiger partial charge in [0.15, 0.2) is 5.13 Å². The first-order valence-corrected chi connectivity index (χ1v) is 16.6. The summed E-state index contributed by atoms with van der Waals surface area (Å²) in [5.41, 5.74) is 2.60. The van der Waals surface area contributed by atoms with Gasteiger partial charge in [0, 0.05) is 32.0 Å². The molecule has 0 saturated carbocycles. The van der Waals surface area contributed by atoms with E-state index in [4.69, 9.17) is 23.2 Å². The molecule has 5 aromatic rings. The average Bonchev–Trinajstić information content (AvgIpc) is 3.72. The summed E-state index contributed by atoms with van der Waals surface area (Å²) in [4.78, 5) is 45.0. The number of anilines is 2. The number of amides is 3. The number of nitrogens with zero attached hydrogens (tertiary/aromatic N) is 1. The quantitative estimate of drug-likeness (QED) is 0.101. The second kappa shape index (κ2) is 14.7. The summed E-state index contributed by atoms with van der Waals surface area (Å²) in [6.45, 7) is 1.81. The van der Waals surface area contributed by atoms with E-state index in [0.29, 0.717) is 32.1 Å². The van der Waals surface area contributed by atoms with Gasteiger partial charge in [0.2, 0.25) is 5.91 Å². The Morgan fingerprint density at radius 1 is 0.886 bits per heavy atom. The summed E-state index contributed by atoms with van der Waals surface area (Å²) in [5, 5.41) is 13.1. The Kier molecular flexibility index (Phi) is 10.5. The maximum atomic E-state index is 13.2. The van der Waals surface area contributed by atoms with Crippen molar-refractivity contribution in [1.82, 2.24) is 10.3 Å². The SMILES string of the molecule is CC(Sc1ccc(NC(=O)/C(=C/c2cccs2)NC(=O)c2ccccc2)cc1)C(=O)Nc1nc(-c2ccc(Cl)c(Cl)c2)cs1. The second-order valence-corrected chi connectivity index (χ2v) is 13.4. The van der Waals surface area contributed by atoms with Crippen LogP contribution in [-0.2, 0) is 9.59 Å². The lowest BCUT2D eigenvalue weighted by Crippen LogP contribution is -2.30. The van der Waals surface area contributed by atoms with Crippen LogP contribution in [0.1, 0.15) is 22.2 Å². The molecule has 0 fully saturated rings. The molecule has 3 aromatic carbocycles. The Hall–Kier alpha value is -3.93. The number of hydrogen-bond acceptors (Lipinski definition) is 7. The van der Waals surface area contributed by atoms with E-state index in [-0.39, 0.29) is 17.5 Å². The van der Waals surface area contributed by atoms with Gasteiger partial charge in [-0.3, -0.25) is 14.4 Å². The van der Waals surface area contributed by atoms with Crippen molar-refractivity contribution in [2.24, 2.45) is 0 Å². The zero-order valence-electron chi connectivity index (χ0n) is 23.0. The minimum absolute atomic E-state index is 0.120. The minimum atomic E-state index is -0.459. The normalized spacial score (nSPS) is 11.9. The van der Waals surface area contributed by atoms with Gasteiger partial charge in [-0.05, 0) is 73.0 Å². The average molecular weight is 680 g/mol. The fraction of sp³-hybridized carbons (Fsp3) is 0.0625. The summed E-state index contributed by atoms with van der Waals surface area (Å²) < 4.78 is 0. The molecule has 2 heterocycles. The summed E-state index contributed by atoms with van der Waals surface area (Å²) in [5.74, 6) is -1.04. The zero-order valence-corrected chi connectivity index (χ0v) is 27.0. The standard InChI is InChI=1S/C32H24Cl2N4O3S3/c1-19(29(39)38-32-37-28(18-43-32)21-9-14-25(33)26(34)16-21)44-23-12-10-22(11-13-23)35-31(41)27(17-24-8-5-15-42-24)36-30(40)20-6-3-2-4-7-20/h2-19H,1H3,(H,35,41)(H,36,40)(H,37,38,39)/b27-17-. The summed E-state index contributed by atoms with van der Waals surface area (Å²) in [6, 6.07) is 24.8. The van der Waals surface area contributed by atoms with Crippen LogP contribution < -0.4 is 16.0 Å². The third kappa shape index (κ3) is 8.37. The van der Waals surface area contributed by atoms with Gasteiger partial charge in [-0.2, -0.15) is 0 Å². The van der Waals surface area contributed by atoms with Crippen LogP contribution in [0.15, 0.2) is 106 Å². The number of thioether (sulfide) groups is 1. The van der Waals surface area contributed by atoms with Crippen molar-refractivity contribution < 1.29 is 14.4 Å². The highest BCUT2D eigenvalue weighted by molar-refractivity contribution is 8.00. The number of thiophene rings is 1. The van der Waals surface area contributed by atoms with Crippen LogP contribution >= 0.6 is 57.6 Å². The molecule has 0 aliphatic carbocycles. The number of carbonyl (C=O) groups is 3. The summed E-state index contributed by atoms with van der Waals surface area (Å²) >= 11 is 16.3. The lowest BCUT2D eigenvalue weighted by molar-refractivity contribution is -0.115. The third-order valence-corrected chi connectivity index (χ3v) is 9.53. The molecular weight excluding hydrogens is 655 g/mol. The van der Waals surface area contributed by atoms with Crippen molar-refractivity contribution in [2.45, 2.75) is 17.1 Å². The van der Waals surface area contributed by atoms with Crippen molar-refractivity contribution in [1.29, 1.82) is 0 Å². The molecule has 0 aliphatic heterocycles. The van der Waals surface area contributed by atoms with Crippen LogP contribution in [-0.4, -0.2) is 28.0 Å². The van der Waals surface area contributed by atoms with E-state index in [2.05, 4.69) is 20.9 Å². The van der Waals surface area contributed by atoms with E-state index >= 15 is 0 Å². The van der Waals surface area contributed by atoms with E-state index in [1.54, 1.807) is 61.5 Å². The lowest BCUT2D eigenvalue weighted by Gasteiger charge is -2.13. The van der Waals surface area contributed by atoms with Gasteiger partial charge in [0.25, 0.3) is 11.8 Å². The van der Waals surface area contributed by atoms with E-state index in [9.17, 15) is 14.4 Å². The Morgan fingerprint density at radius 2 is 1.66 bits per heavy atom. The Labute approximate surface area is 276 Å². The topological polar surface area (TPSA) is 100 Å². The molecule has 44 heavy (non-hydrogen) atoms. The van der Waals surface area contributed by atoms with Crippen LogP contribution in [0.2, 0.25) is 10.0 Å². The number of hydrogen-bond donors (Lipinski definition) is 3. The highest BCUT2D eigenvalue weighted by atomic mass is 35.5. The van der Waals surface area contributed by atoms with Crippen molar-refractivity contribution in [3.8, 4) is 11.3 Å². The molecule has 5 rings (SSSR count). The number of carbonyl (C=O) groups excluding carboxylic acids is 3. The maximum Gasteiger partial charge on any atom is 0.272 e. The molecule has 12 heteroatoms. The van der Waals surface area contributed by atoms with E-state index < -0.39 is 11.2 Å². The first-order chi connectivity index (χ1) is 21.2. The molecule has 0 saturated heterocycles. The molecule has 222 valence electrons. The molecule has 0 aliphatic rings. The first kappa shape index (κ1) is 31.5. The monoisotopic (exact) mass is 678 g/mol. The summed E-state index contributed by atoms with van der Waals surface area (Å²) in [6.07, 6.45) is 1.64. The number of rotatable bonds is 10. The Morgan fingerprint density at radius 3 is 2.36 bits per heavy atom. The Bertz CT molecular complexity index is 1810. The highest BCUT2D eigenvalue weighted by Gasteiger charge is 2.18. The molecule has 1 unspecified atom stereocenters. The van der Waals surface area contributed by atoms with Gasteiger partial charge >= 0.3 is 0 Å². The fourth-order valence-electron chi connectivity index (χ4n) is 3.86. The molecular formula is C32H24Cl2N4O3S3. The van der Waals surface area contributed by atoms with Gasteiger partial charge in [0.05, 0.1) is 21.0 Å². The zero-order chi connectivity index (χ0) is 31.1. The number of benzene rings is 3. The predicted octanol–water partition coefficient (Wildman–Crippen LogP) is 8.71. The molecule has 3 amide bonds. The van der Waals surface area contributed by atoms with Gasteiger partial charge in [0.1, 0.15) is 5.70 Å². The second-order valence-electron chi connectivity index (χ2n) is 9.29. The molecule has 0 bridgehead atoms. The van der Waals surface area contributed by atoms with E-state index in [0.717, 1.165) is 15.3 Å². The van der Waals surface area contributed by atoms with Gasteiger partial charge in [-0.1, -0.05) is 53.5 Å². The predicted molar refractivity (Wildman–Crippen MR) is 183 cm³/mol. The summed E-state index contributed by atoms with van der Waals surface area (Å²) in [7, 11) is 0. The first-order valence-electron chi connectivity index (χ1n) is 13.2. The van der Waals surface area contributed by atoms with Crippen molar-refractivity contribution in [2.75, 3.05) is 10.6 Å². The smallest absolute Gasteiger partial charge is 0.272 e. The largest absolute Gasteiger partial charge is 0.321 e. The molecule has 3 N–H and O–H groups in total. The van der Waals surface area contributed by atoms with Gasteiger partial charge in [-0.15, -0.1) is 34.4 Å². The Balaban J connectivity index is 1.18. The molecule has 1 atom stereocenters. The maximum absolute atomic E-state index is 13.2. The van der Waals surface area contributed by atoms with Crippen molar-refractivity contribution in [3.63, 3.8) is 0 Å². The number of halogens is 2. The van der Waals surface area contributed by atoms with Crippen molar-refractivity contribution >= 4 is 92.3 Å². The minimum Gasteiger partial charge on any atom is -0.321 e. The van der Waals surface area contributed by atoms with Crippen LogP contribution in [0.4, 0.5) is 10.8 Å². The van der Waals surface area contributed by atoms with Crippen molar-refractivity contribution in [3.05, 3.63) is 122 Å². The number of nitrogens with one attached hydrogen (secondary N) is 3. The molecule has 7 nitrogen and oxygen atoms in total. The number of aromatic nitrogens is 1. The third-order valence-electron chi connectivity index (χ3n) is 6.10. The fourth-order valence-corrected chi connectivity index (χ4v) is 6.40. The van der Waals surface area contributed by atoms with Crippen LogP contribution in [0.25, 0.3) is 17.3 Å². The van der Waals surface area contributed by atoms with Crippen LogP contribution in [0.3, 0.4) is 0 Å².